The summed E-state index contributed by atoms with van der Waals surface area (Å²) < 4.78 is 32.0. The Bertz CT molecular complexity index is 420. The third-order valence-corrected chi connectivity index (χ3v) is 5.33. The first kappa shape index (κ1) is 14.5. The summed E-state index contributed by atoms with van der Waals surface area (Å²) >= 11 is 0. The molecule has 2 aliphatic rings. The van der Waals surface area contributed by atoms with Crippen LogP contribution >= 0.6 is 0 Å². The largest absolute Gasteiger partial charge is 0.452 e. The lowest BCUT2D eigenvalue weighted by Gasteiger charge is -2.33. The van der Waals surface area contributed by atoms with Gasteiger partial charge in [0, 0.05) is 12.6 Å². The van der Waals surface area contributed by atoms with E-state index in [1.54, 1.807) is 0 Å². The van der Waals surface area contributed by atoms with E-state index >= 15 is 0 Å². The van der Waals surface area contributed by atoms with Crippen LogP contribution in [0.1, 0.15) is 25.7 Å². The van der Waals surface area contributed by atoms with Crippen LogP contribution in [0.15, 0.2) is 0 Å². The Balaban J connectivity index is 2.06. The van der Waals surface area contributed by atoms with Gasteiger partial charge in [-0.2, -0.15) is 12.7 Å². The topological polar surface area (TPSA) is 87.7 Å². The number of hydrogen-bond acceptors (Lipinski definition) is 5. The second-order valence-corrected chi connectivity index (χ2v) is 6.65. The fourth-order valence-electron chi connectivity index (χ4n) is 2.95. The van der Waals surface area contributed by atoms with Gasteiger partial charge in [-0.05, 0) is 44.7 Å². The zero-order valence-corrected chi connectivity index (χ0v) is 11.9. The molecule has 2 aliphatic heterocycles. The Labute approximate surface area is 113 Å². The molecule has 19 heavy (non-hydrogen) atoms. The van der Waals surface area contributed by atoms with Crippen LogP contribution in [0.4, 0.5) is 4.79 Å². The molecular weight excluding hydrogens is 270 g/mol. The highest BCUT2D eigenvalue weighted by Crippen LogP contribution is 2.29. The van der Waals surface area contributed by atoms with Gasteiger partial charge in [0.2, 0.25) is 0 Å². The van der Waals surface area contributed by atoms with Gasteiger partial charge in [0.15, 0.2) is 0 Å². The minimum Gasteiger partial charge on any atom is -0.452 e. The van der Waals surface area contributed by atoms with E-state index < -0.39 is 16.3 Å². The molecular formula is C11H21N3O4S. The van der Waals surface area contributed by atoms with Crippen LogP contribution in [-0.2, 0) is 14.9 Å². The minimum atomic E-state index is -3.79. The van der Waals surface area contributed by atoms with E-state index in [0.29, 0.717) is 12.5 Å². The first-order valence-electron chi connectivity index (χ1n) is 6.63. The summed E-state index contributed by atoms with van der Waals surface area (Å²) in [5.41, 5.74) is 0. The molecule has 2 atom stereocenters. The van der Waals surface area contributed by atoms with Crippen LogP contribution in [0.5, 0.6) is 0 Å². The number of nitrogens with one attached hydrogen (secondary N) is 2. The van der Waals surface area contributed by atoms with Gasteiger partial charge in [-0.25, -0.2) is 9.52 Å². The van der Waals surface area contributed by atoms with Gasteiger partial charge < -0.3 is 10.1 Å². The van der Waals surface area contributed by atoms with E-state index in [0.717, 1.165) is 45.9 Å². The SMILES string of the molecule is COC(=O)NS(=O)(=O)N1CCCC1C1CCCNC1. The molecule has 8 heteroatoms. The summed E-state index contributed by atoms with van der Waals surface area (Å²) in [7, 11) is -2.64. The van der Waals surface area contributed by atoms with E-state index in [9.17, 15) is 13.2 Å². The monoisotopic (exact) mass is 291 g/mol. The second kappa shape index (κ2) is 6.06. The van der Waals surface area contributed by atoms with E-state index in [-0.39, 0.29) is 6.04 Å². The van der Waals surface area contributed by atoms with Gasteiger partial charge >= 0.3 is 16.3 Å². The molecule has 0 aromatic carbocycles. The van der Waals surface area contributed by atoms with Crippen LogP contribution in [0.3, 0.4) is 0 Å². The Morgan fingerprint density at radius 1 is 1.37 bits per heavy atom. The van der Waals surface area contributed by atoms with Crippen molar-refractivity contribution < 1.29 is 17.9 Å². The number of hydrogen-bond donors (Lipinski definition) is 2. The average molecular weight is 291 g/mol. The summed E-state index contributed by atoms with van der Waals surface area (Å²) in [6, 6.07) is -0.0186. The third kappa shape index (κ3) is 3.37. The number of piperidine rings is 1. The Morgan fingerprint density at radius 2 is 2.16 bits per heavy atom. The first-order valence-corrected chi connectivity index (χ1v) is 8.07. The molecule has 2 rings (SSSR count). The van der Waals surface area contributed by atoms with Crippen LogP contribution in [-0.4, -0.2) is 51.6 Å². The summed E-state index contributed by atoms with van der Waals surface area (Å²) in [4.78, 5) is 11.1. The number of ether oxygens (including phenoxy) is 1. The lowest BCUT2D eigenvalue weighted by atomic mass is 9.91. The normalized spacial score (nSPS) is 29.1. The molecule has 0 bridgehead atoms. The molecule has 110 valence electrons. The summed E-state index contributed by atoms with van der Waals surface area (Å²) in [6.07, 6.45) is 2.85. The van der Waals surface area contributed by atoms with Crippen molar-refractivity contribution in [3.8, 4) is 0 Å². The smallest absolute Gasteiger partial charge is 0.421 e. The van der Waals surface area contributed by atoms with Gasteiger partial charge in [0.05, 0.1) is 7.11 Å². The van der Waals surface area contributed by atoms with Crippen molar-refractivity contribution in [2.75, 3.05) is 26.7 Å². The summed E-state index contributed by atoms with van der Waals surface area (Å²) in [5, 5.41) is 3.30. The van der Waals surface area contributed by atoms with Crippen molar-refractivity contribution in [1.82, 2.24) is 14.3 Å². The highest BCUT2D eigenvalue weighted by Gasteiger charge is 2.39. The second-order valence-electron chi connectivity index (χ2n) is 5.03. The number of carbonyl (C=O) groups excluding carboxylic acids is 1. The van der Waals surface area contributed by atoms with Gasteiger partial charge in [-0.3, -0.25) is 0 Å². The maximum atomic E-state index is 12.1. The molecule has 0 aliphatic carbocycles. The third-order valence-electron chi connectivity index (χ3n) is 3.83. The number of carbonyl (C=O) groups is 1. The van der Waals surface area contributed by atoms with Crippen LogP contribution < -0.4 is 10.0 Å². The number of amides is 1. The molecule has 1 amide bonds. The quantitative estimate of drug-likeness (QED) is 0.767. The van der Waals surface area contributed by atoms with Crippen molar-refractivity contribution in [3.63, 3.8) is 0 Å². The standard InChI is InChI=1S/C11H21N3O4S/c1-18-11(15)13-19(16,17)14-7-3-5-10(14)9-4-2-6-12-8-9/h9-10,12H,2-8H2,1H3,(H,13,15). The first-order chi connectivity index (χ1) is 9.04. The van der Waals surface area contributed by atoms with Crippen LogP contribution in [0.25, 0.3) is 0 Å². The zero-order valence-electron chi connectivity index (χ0n) is 11.1. The minimum absolute atomic E-state index is 0.0186. The van der Waals surface area contributed by atoms with E-state index in [1.807, 2.05) is 4.72 Å². The highest BCUT2D eigenvalue weighted by atomic mass is 32.2. The van der Waals surface area contributed by atoms with Crippen LogP contribution in [0, 0.1) is 5.92 Å². The van der Waals surface area contributed by atoms with Crippen molar-refractivity contribution in [3.05, 3.63) is 0 Å². The zero-order chi connectivity index (χ0) is 13.9. The molecule has 0 spiro atoms. The molecule has 2 saturated heterocycles. The Hall–Kier alpha value is -0.860. The van der Waals surface area contributed by atoms with Gasteiger partial charge in [-0.15, -0.1) is 0 Å². The molecule has 2 fully saturated rings. The molecule has 0 aromatic heterocycles. The molecule has 2 heterocycles. The lowest BCUT2D eigenvalue weighted by Crippen LogP contribution is -2.50. The maximum Gasteiger partial charge on any atom is 0.421 e. The maximum absolute atomic E-state index is 12.1. The predicted molar refractivity (Wildman–Crippen MR) is 69.8 cm³/mol. The fourth-order valence-corrected chi connectivity index (χ4v) is 4.36. The van der Waals surface area contributed by atoms with Crippen LogP contribution in [0.2, 0.25) is 0 Å². The predicted octanol–water partition coefficient (Wildman–Crippen LogP) is 0.0512. The molecule has 0 aromatic rings. The molecule has 2 N–H and O–H groups in total. The molecule has 7 nitrogen and oxygen atoms in total. The number of methoxy groups -OCH3 is 1. The van der Waals surface area contributed by atoms with Gasteiger partial charge in [0.1, 0.15) is 0 Å². The highest BCUT2D eigenvalue weighted by molar-refractivity contribution is 7.87. The van der Waals surface area contributed by atoms with E-state index in [2.05, 4.69) is 10.1 Å². The number of nitrogens with zero attached hydrogens (tertiary/aromatic N) is 1. The van der Waals surface area contributed by atoms with E-state index in [4.69, 9.17) is 0 Å². The van der Waals surface area contributed by atoms with Crippen molar-refractivity contribution in [2.24, 2.45) is 5.92 Å². The van der Waals surface area contributed by atoms with Gasteiger partial charge in [0.25, 0.3) is 0 Å². The fraction of sp³-hybridized carbons (Fsp3) is 0.909. The van der Waals surface area contributed by atoms with Crippen molar-refractivity contribution in [2.45, 2.75) is 31.7 Å². The summed E-state index contributed by atoms with van der Waals surface area (Å²) in [6.45, 7) is 2.30. The molecule has 0 radical (unpaired) electrons. The lowest BCUT2D eigenvalue weighted by molar-refractivity contribution is 0.176. The Morgan fingerprint density at radius 3 is 2.79 bits per heavy atom. The molecule has 0 saturated carbocycles. The average Bonchev–Trinajstić information content (AvgIpc) is 2.89. The van der Waals surface area contributed by atoms with Crippen molar-refractivity contribution >= 4 is 16.3 Å². The summed E-state index contributed by atoms with van der Waals surface area (Å²) in [5.74, 6) is 0.325. The van der Waals surface area contributed by atoms with E-state index in [1.165, 1.54) is 4.31 Å². The molecule has 2 unspecified atom stereocenters. The van der Waals surface area contributed by atoms with Gasteiger partial charge in [-0.1, -0.05) is 0 Å². The van der Waals surface area contributed by atoms with Crippen molar-refractivity contribution in [1.29, 1.82) is 0 Å². The Kier molecular flexibility index (Phi) is 4.64. The number of rotatable bonds is 3.